The maximum atomic E-state index is 6.74. The molecule has 2 aliphatic rings. The van der Waals surface area contributed by atoms with Gasteiger partial charge in [0.2, 0.25) is 0 Å². The number of nitrogens with one attached hydrogen (secondary N) is 2. The summed E-state index contributed by atoms with van der Waals surface area (Å²) < 4.78 is 0. The van der Waals surface area contributed by atoms with Crippen molar-refractivity contribution in [1.82, 2.24) is 4.98 Å². The van der Waals surface area contributed by atoms with Crippen molar-refractivity contribution in [3.05, 3.63) is 126 Å². The molecule has 0 radical (unpaired) electrons. The van der Waals surface area contributed by atoms with Crippen molar-refractivity contribution >= 4 is 42.7 Å². The van der Waals surface area contributed by atoms with Gasteiger partial charge in [-0.3, -0.25) is 0 Å². The average Bonchev–Trinajstić information content (AvgIpc) is 3.69. The molecule has 1 fully saturated rings. The minimum absolute atomic E-state index is 0.991. The fourth-order valence-corrected chi connectivity index (χ4v) is 5.14. The van der Waals surface area contributed by atoms with Crippen molar-refractivity contribution in [2.45, 2.75) is 45.4 Å². The van der Waals surface area contributed by atoms with Gasteiger partial charge in [0.15, 0.2) is 0 Å². The highest BCUT2D eigenvalue weighted by Crippen LogP contribution is 2.34. The van der Waals surface area contributed by atoms with Gasteiger partial charge in [-0.1, -0.05) is 84.5 Å². The lowest BCUT2D eigenvalue weighted by Gasteiger charge is -2.13. The molecule has 4 heteroatoms. The Balaban J connectivity index is 0.000000180. The second-order valence-electron chi connectivity index (χ2n) is 9.47. The summed E-state index contributed by atoms with van der Waals surface area (Å²) in [6.45, 7) is 2.02. The summed E-state index contributed by atoms with van der Waals surface area (Å²) in [7, 11) is 2.67. The summed E-state index contributed by atoms with van der Waals surface area (Å²) in [6, 6.07) is 13.1. The first-order valence-electron chi connectivity index (χ1n) is 13.8. The lowest BCUT2D eigenvalue weighted by atomic mass is 9.92. The first-order chi connectivity index (χ1) is 19.2. The Kier molecular flexibility index (Phi) is 13.0. The van der Waals surface area contributed by atoms with Gasteiger partial charge in [-0.2, -0.15) is 0 Å². The summed E-state index contributed by atoms with van der Waals surface area (Å²) in [5, 5.41) is 10.7. The number of aromatic amines is 1. The summed E-state index contributed by atoms with van der Waals surface area (Å²) in [6.07, 6.45) is 33.7. The van der Waals surface area contributed by atoms with Gasteiger partial charge in [-0.15, -0.1) is 9.24 Å². The molecule has 0 aliphatic heterocycles. The lowest BCUT2D eigenvalue weighted by Crippen LogP contribution is -1.90. The van der Waals surface area contributed by atoms with Crippen LogP contribution in [0.1, 0.15) is 51.0 Å². The van der Waals surface area contributed by atoms with E-state index in [4.69, 9.17) is 11.1 Å². The molecule has 3 nitrogen and oxygen atoms in total. The Morgan fingerprint density at radius 1 is 1.00 bits per heavy atom. The number of allylic oxidation sites excluding steroid dienone is 13. The number of hydrogen-bond donors (Lipinski definition) is 3. The van der Waals surface area contributed by atoms with Gasteiger partial charge in [-0.05, 0) is 98.1 Å². The van der Waals surface area contributed by atoms with E-state index in [9.17, 15) is 0 Å². The number of benzene rings is 2. The van der Waals surface area contributed by atoms with Crippen LogP contribution in [-0.2, 0) is 0 Å². The smallest absolute Gasteiger partial charge is 0.0539 e. The van der Waals surface area contributed by atoms with Crippen LogP contribution in [0.3, 0.4) is 0 Å². The van der Waals surface area contributed by atoms with Gasteiger partial charge in [0.25, 0.3) is 0 Å². The summed E-state index contributed by atoms with van der Waals surface area (Å²) >= 11 is 0. The summed E-state index contributed by atoms with van der Waals surface area (Å²) in [5.74, 6) is 0. The third-order valence-electron chi connectivity index (χ3n) is 6.85. The Bertz CT molecular complexity index is 1420. The van der Waals surface area contributed by atoms with Crippen molar-refractivity contribution in [3.8, 4) is 0 Å². The standard InChI is InChI=1S/C18H15N.C9H13N.C8H14NP/c1-2-5-13(6-3-1)16-8-4-7-14-9-10-15-11-12-19-18(15)17(14)16;10-8-4-3-7-9-5-1-2-6-9;1-2-8(7-10)5-3-4-6-9/h1-2,4-5,7-12,19H,3,6H2;3-4,7-8,10H,1-2,5-6H2;2-6H,7,9-10H2,1H3/b;4-3-,10-8?;5-3-,6-4-,8-2-. The molecule has 1 saturated carbocycles. The molecule has 1 heterocycles. The molecule has 5 rings (SSSR count). The lowest BCUT2D eigenvalue weighted by molar-refractivity contribution is 0.886. The highest BCUT2D eigenvalue weighted by molar-refractivity contribution is 7.16. The van der Waals surface area contributed by atoms with Crippen LogP contribution < -0.4 is 5.73 Å². The van der Waals surface area contributed by atoms with Crippen LogP contribution in [0.4, 0.5) is 0 Å². The van der Waals surface area contributed by atoms with Crippen LogP contribution >= 0.6 is 9.24 Å². The number of rotatable bonds is 6. The van der Waals surface area contributed by atoms with Crippen LogP contribution in [0.5, 0.6) is 0 Å². The zero-order valence-electron chi connectivity index (χ0n) is 23.1. The molecular weight excluding hydrogens is 493 g/mol. The Hall–Kier alpha value is -3.68. The zero-order valence-corrected chi connectivity index (χ0v) is 24.2. The maximum absolute atomic E-state index is 6.74. The summed E-state index contributed by atoms with van der Waals surface area (Å²) in [4.78, 5) is 3.40. The maximum Gasteiger partial charge on any atom is 0.0539 e. The largest absolute Gasteiger partial charge is 0.405 e. The second-order valence-corrected chi connectivity index (χ2v) is 9.87. The van der Waals surface area contributed by atoms with Crippen molar-refractivity contribution in [2.24, 2.45) is 5.73 Å². The Morgan fingerprint density at radius 2 is 1.82 bits per heavy atom. The van der Waals surface area contributed by atoms with Crippen molar-refractivity contribution in [2.75, 3.05) is 6.16 Å². The number of fused-ring (bicyclic) bond motifs is 3. The van der Waals surface area contributed by atoms with E-state index >= 15 is 0 Å². The van der Waals surface area contributed by atoms with Crippen LogP contribution in [0, 0.1) is 5.41 Å². The number of H-pyrrole nitrogens is 1. The topological polar surface area (TPSA) is 65.7 Å². The highest BCUT2D eigenvalue weighted by atomic mass is 31.0. The van der Waals surface area contributed by atoms with Crippen molar-refractivity contribution in [1.29, 1.82) is 5.41 Å². The monoisotopic (exact) mass is 535 g/mol. The van der Waals surface area contributed by atoms with E-state index in [0.717, 1.165) is 19.0 Å². The quantitative estimate of drug-likeness (QED) is 0.164. The Labute approximate surface area is 236 Å². The molecule has 202 valence electrons. The number of nitrogens with two attached hydrogens (primary N) is 1. The number of aromatic nitrogens is 1. The minimum Gasteiger partial charge on any atom is -0.405 e. The fraction of sp³-hybridized carbons (Fsp3) is 0.229. The van der Waals surface area contributed by atoms with E-state index in [1.807, 2.05) is 37.4 Å². The molecule has 0 amide bonds. The van der Waals surface area contributed by atoms with Crippen LogP contribution in [0.25, 0.3) is 27.2 Å². The van der Waals surface area contributed by atoms with Gasteiger partial charge in [0.1, 0.15) is 0 Å². The van der Waals surface area contributed by atoms with Crippen molar-refractivity contribution < 1.29 is 0 Å². The minimum atomic E-state index is 0.991. The normalized spacial score (nSPS) is 15.5. The average molecular weight is 536 g/mol. The molecule has 2 aromatic carbocycles. The molecule has 1 atom stereocenters. The zero-order chi connectivity index (χ0) is 27.7. The van der Waals surface area contributed by atoms with Gasteiger partial charge in [-0.25, -0.2) is 0 Å². The molecule has 0 spiro atoms. The Morgan fingerprint density at radius 3 is 2.51 bits per heavy atom. The molecule has 4 N–H and O–H groups in total. The van der Waals surface area contributed by atoms with E-state index < -0.39 is 0 Å². The van der Waals surface area contributed by atoms with E-state index in [0.29, 0.717) is 0 Å². The third kappa shape index (κ3) is 9.23. The molecule has 1 unspecified atom stereocenters. The SMILES string of the molecule is C/C=C(/C=C\C=C/N)CP.C1=CCCC(c2cccc3ccc4cc[nH]c4c23)=C1.N=C/C=C\C=C1CCCC1. The van der Waals surface area contributed by atoms with E-state index in [1.165, 1.54) is 82.1 Å². The van der Waals surface area contributed by atoms with Gasteiger partial charge in [0, 0.05) is 23.2 Å². The highest BCUT2D eigenvalue weighted by Gasteiger charge is 2.10. The van der Waals surface area contributed by atoms with Crippen LogP contribution in [0.15, 0.2) is 121 Å². The van der Waals surface area contributed by atoms with Crippen molar-refractivity contribution in [3.63, 3.8) is 0 Å². The third-order valence-corrected chi connectivity index (χ3v) is 7.32. The predicted octanol–water partition coefficient (Wildman–Crippen LogP) is 9.58. The molecule has 3 aromatic rings. The summed E-state index contributed by atoms with van der Waals surface area (Å²) in [5.41, 5.74) is 12.0. The van der Waals surface area contributed by atoms with Gasteiger partial charge in [0.05, 0.1) is 5.52 Å². The molecule has 2 aliphatic carbocycles. The van der Waals surface area contributed by atoms with Gasteiger partial charge < -0.3 is 16.1 Å². The second kappa shape index (κ2) is 17.0. The fourth-order valence-electron chi connectivity index (χ4n) is 4.77. The molecular formula is C35H42N3P. The molecule has 1 aromatic heterocycles. The van der Waals surface area contributed by atoms with Crippen LogP contribution in [0.2, 0.25) is 0 Å². The first kappa shape index (κ1) is 29.9. The van der Waals surface area contributed by atoms with Crippen LogP contribution in [-0.4, -0.2) is 17.4 Å². The van der Waals surface area contributed by atoms with Gasteiger partial charge >= 0.3 is 0 Å². The number of hydrogen-bond acceptors (Lipinski definition) is 2. The molecule has 39 heavy (non-hydrogen) atoms. The predicted molar refractivity (Wildman–Crippen MR) is 177 cm³/mol. The van der Waals surface area contributed by atoms with E-state index in [-0.39, 0.29) is 0 Å². The van der Waals surface area contributed by atoms with E-state index in [2.05, 4.69) is 81.0 Å². The first-order valence-corrected chi connectivity index (χ1v) is 14.6. The molecule has 0 saturated heterocycles. The van der Waals surface area contributed by atoms with E-state index in [1.54, 1.807) is 6.08 Å². The molecule has 0 bridgehead atoms.